The number of carbonyl (C=O) groups is 3. The molecule has 3 amide bonds. The molecule has 0 atom stereocenters. The number of imide groups is 1. The van der Waals surface area contributed by atoms with Gasteiger partial charge in [0.2, 0.25) is 5.91 Å². The molecule has 1 aliphatic heterocycles. The van der Waals surface area contributed by atoms with Crippen LogP contribution >= 0.6 is 0 Å². The highest BCUT2D eigenvalue weighted by atomic mass is 16.2. The summed E-state index contributed by atoms with van der Waals surface area (Å²) in [5.74, 6) is -0.502. The zero-order valence-corrected chi connectivity index (χ0v) is 9.18. The molecule has 1 aromatic carbocycles. The molecule has 1 N–H and O–H groups in total. The van der Waals surface area contributed by atoms with Gasteiger partial charge in [-0.15, -0.1) is 0 Å². The van der Waals surface area contributed by atoms with E-state index in [-0.39, 0.29) is 31.2 Å². The monoisotopic (exact) mass is 232 g/mol. The standard InChI is InChI=1S/C12H12N2O3/c15-10(6-9-4-2-1-3-5-9)8-14-11(16)7-13-12(14)17/h1-5H,6-8H2,(H,13,17). The van der Waals surface area contributed by atoms with Gasteiger partial charge in [0.25, 0.3) is 0 Å². The predicted octanol–water partition coefficient (Wildman–Crippen LogP) is 0.350. The van der Waals surface area contributed by atoms with Crippen LogP contribution in [0.3, 0.4) is 0 Å². The van der Waals surface area contributed by atoms with Crippen LogP contribution in [-0.4, -0.2) is 35.7 Å². The lowest BCUT2D eigenvalue weighted by molar-refractivity contribution is -0.129. The lowest BCUT2D eigenvalue weighted by Gasteiger charge is -2.10. The van der Waals surface area contributed by atoms with Crippen LogP contribution in [0.4, 0.5) is 4.79 Å². The summed E-state index contributed by atoms with van der Waals surface area (Å²) in [5.41, 5.74) is 0.879. The van der Waals surface area contributed by atoms with Gasteiger partial charge < -0.3 is 5.32 Å². The Labute approximate surface area is 98.4 Å². The summed E-state index contributed by atoms with van der Waals surface area (Å²) in [6, 6.07) is 8.74. The van der Waals surface area contributed by atoms with E-state index in [1.54, 1.807) is 0 Å². The number of Topliss-reactive ketones (excluding diaryl/α,β-unsaturated/α-hetero) is 1. The average Bonchev–Trinajstić information content (AvgIpc) is 2.62. The van der Waals surface area contributed by atoms with Crippen molar-refractivity contribution >= 4 is 17.7 Å². The zero-order valence-electron chi connectivity index (χ0n) is 9.18. The molecule has 88 valence electrons. The summed E-state index contributed by atoms with van der Waals surface area (Å²) in [7, 11) is 0. The Bertz CT molecular complexity index is 440. The maximum atomic E-state index is 11.7. The maximum Gasteiger partial charge on any atom is 0.324 e. The van der Waals surface area contributed by atoms with Crippen molar-refractivity contribution in [2.75, 3.05) is 13.1 Å². The van der Waals surface area contributed by atoms with E-state index in [4.69, 9.17) is 0 Å². The fraction of sp³-hybridized carbons (Fsp3) is 0.250. The van der Waals surface area contributed by atoms with Crippen molar-refractivity contribution in [2.45, 2.75) is 6.42 Å². The molecule has 0 radical (unpaired) electrons. The third kappa shape index (κ3) is 2.69. The molecule has 5 nitrogen and oxygen atoms in total. The third-order valence-electron chi connectivity index (χ3n) is 2.52. The second kappa shape index (κ2) is 4.78. The first-order valence-electron chi connectivity index (χ1n) is 5.30. The quantitative estimate of drug-likeness (QED) is 0.762. The number of benzene rings is 1. The number of rotatable bonds is 4. The van der Waals surface area contributed by atoms with E-state index in [0.717, 1.165) is 10.5 Å². The van der Waals surface area contributed by atoms with Crippen molar-refractivity contribution in [1.82, 2.24) is 10.2 Å². The van der Waals surface area contributed by atoms with Gasteiger partial charge in [0.1, 0.15) is 0 Å². The van der Waals surface area contributed by atoms with Gasteiger partial charge in [-0.05, 0) is 5.56 Å². The summed E-state index contributed by atoms with van der Waals surface area (Å²) in [6.07, 6.45) is 0.234. The van der Waals surface area contributed by atoms with Crippen molar-refractivity contribution in [2.24, 2.45) is 0 Å². The van der Waals surface area contributed by atoms with Crippen molar-refractivity contribution in [3.63, 3.8) is 0 Å². The van der Waals surface area contributed by atoms with E-state index in [0.29, 0.717) is 0 Å². The van der Waals surface area contributed by atoms with Crippen LogP contribution in [0.25, 0.3) is 0 Å². The van der Waals surface area contributed by atoms with Gasteiger partial charge in [0.15, 0.2) is 5.78 Å². The number of carbonyl (C=O) groups excluding carboxylic acids is 3. The molecule has 2 rings (SSSR count). The maximum absolute atomic E-state index is 11.7. The highest BCUT2D eigenvalue weighted by molar-refractivity contribution is 6.04. The van der Waals surface area contributed by atoms with Gasteiger partial charge in [-0.3, -0.25) is 14.5 Å². The first kappa shape index (κ1) is 11.3. The molecule has 0 aromatic heterocycles. The number of amides is 3. The fourth-order valence-corrected chi connectivity index (χ4v) is 1.67. The van der Waals surface area contributed by atoms with Gasteiger partial charge in [-0.2, -0.15) is 0 Å². The Kier molecular flexibility index (Phi) is 3.18. The number of hydrogen-bond acceptors (Lipinski definition) is 3. The molecule has 5 heteroatoms. The summed E-state index contributed by atoms with van der Waals surface area (Å²) in [6.45, 7) is -0.170. The molecule has 1 heterocycles. The molecule has 0 aliphatic carbocycles. The van der Waals surface area contributed by atoms with E-state index < -0.39 is 6.03 Å². The van der Waals surface area contributed by atoms with Gasteiger partial charge in [0.05, 0.1) is 13.1 Å². The predicted molar refractivity (Wildman–Crippen MR) is 60.3 cm³/mol. The Morgan fingerprint density at radius 2 is 1.94 bits per heavy atom. The topological polar surface area (TPSA) is 66.5 Å². The van der Waals surface area contributed by atoms with E-state index >= 15 is 0 Å². The summed E-state index contributed by atoms with van der Waals surface area (Å²) in [5, 5.41) is 2.37. The number of nitrogens with one attached hydrogen (secondary N) is 1. The first-order chi connectivity index (χ1) is 8.16. The Balaban J connectivity index is 1.94. The lowest BCUT2D eigenvalue weighted by Crippen LogP contribution is -2.36. The molecule has 1 aliphatic rings. The molecule has 1 aromatic rings. The lowest BCUT2D eigenvalue weighted by atomic mass is 10.1. The number of hydrogen-bond donors (Lipinski definition) is 1. The van der Waals surface area contributed by atoms with Crippen molar-refractivity contribution in [1.29, 1.82) is 0 Å². The van der Waals surface area contributed by atoms with Crippen molar-refractivity contribution < 1.29 is 14.4 Å². The molecular formula is C12H12N2O3. The van der Waals surface area contributed by atoms with E-state index in [1.165, 1.54) is 0 Å². The SMILES string of the molecule is O=C(Cc1ccccc1)CN1C(=O)CNC1=O. The Hall–Kier alpha value is -2.17. The molecule has 1 saturated heterocycles. The minimum Gasteiger partial charge on any atom is -0.329 e. The average molecular weight is 232 g/mol. The summed E-state index contributed by atoms with van der Waals surface area (Å²) >= 11 is 0. The van der Waals surface area contributed by atoms with Gasteiger partial charge in [0, 0.05) is 6.42 Å². The second-order valence-electron chi connectivity index (χ2n) is 3.84. The highest BCUT2D eigenvalue weighted by Gasteiger charge is 2.29. The van der Waals surface area contributed by atoms with Crippen LogP contribution in [0.2, 0.25) is 0 Å². The number of ketones is 1. The minimum atomic E-state index is -0.489. The van der Waals surface area contributed by atoms with E-state index in [9.17, 15) is 14.4 Å². The molecule has 0 spiro atoms. The van der Waals surface area contributed by atoms with Crippen LogP contribution in [0, 0.1) is 0 Å². The van der Waals surface area contributed by atoms with Crippen LogP contribution in [0.5, 0.6) is 0 Å². The zero-order chi connectivity index (χ0) is 12.3. The molecule has 0 saturated carbocycles. The van der Waals surface area contributed by atoms with Gasteiger partial charge in [-0.1, -0.05) is 30.3 Å². The highest BCUT2D eigenvalue weighted by Crippen LogP contribution is 2.03. The van der Waals surface area contributed by atoms with Crippen molar-refractivity contribution in [3.05, 3.63) is 35.9 Å². The molecule has 1 fully saturated rings. The van der Waals surface area contributed by atoms with Crippen LogP contribution in [-0.2, 0) is 16.0 Å². The summed E-state index contributed by atoms with van der Waals surface area (Å²) < 4.78 is 0. The Morgan fingerprint density at radius 1 is 1.24 bits per heavy atom. The van der Waals surface area contributed by atoms with Crippen molar-refractivity contribution in [3.8, 4) is 0 Å². The number of urea groups is 1. The fourth-order valence-electron chi connectivity index (χ4n) is 1.67. The van der Waals surface area contributed by atoms with E-state index in [2.05, 4.69) is 5.32 Å². The third-order valence-corrected chi connectivity index (χ3v) is 2.52. The number of nitrogens with zero attached hydrogens (tertiary/aromatic N) is 1. The largest absolute Gasteiger partial charge is 0.329 e. The Morgan fingerprint density at radius 3 is 2.53 bits per heavy atom. The second-order valence-corrected chi connectivity index (χ2v) is 3.84. The van der Waals surface area contributed by atoms with E-state index in [1.807, 2.05) is 30.3 Å². The summed E-state index contributed by atoms with van der Waals surface area (Å²) in [4.78, 5) is 35.1. The van der Waals surface area contributed by atoms with Gasteiger partial charge >= 0.3 is 6.03 Å². The molecule has 0 unspecified atom stereocenters. The minimum absolute atomic E-state index is 0.0164. The first-order valence-corrected chi connectivity index (χ1v) is 5.30. The smallest absolute Gasteiger partial charge is 0.324 e. The normalized spacial score (nSPS) is 14.9. The van der Waals surface area contributed by atoms with Crippen LogP contribution < -0.4 is 5.32 Å². The molecule has 17 heavy (non-hydrogen) atoms. The van der Waals surface area contributed by atoms with Gasteiger partial charge in [-0.25, -0.2) is 4.79 Å². The molecular weight excluding hydrogens is 220 g/mol. The van der Waals surface area contributed by atoms with Crippen LogP contribution in [0.15, 0.2) is 30.3 Å². The molecule has 0 bridgehead atoms. The van der Waals surface area contributed by atoms with Crippen LogP contribution in [0.1, 0.15) is 5.56 Å².